The van der Waals surface area contributed by atoms with E-state index in [1.807, 2.05) is 6.08 Å². The predicted molar refractivity (Wildman–Crippen MR) is 374 cm³/mol. The number of amides is 1. The summed E-state index contributed by atoms with van der Waals surface area (Å²) in [7, 11) is 0. The zero-order valence-corrected chi connectivity index (χ0v) is 58.1. The van der Waals surface area contributed by atoms with Crippen LogP contribution in [0.25, 0.3) is 0 Å². The molecule has 17 unspecified atom stereocenters. The fourth-order valence-corrected chi connectivity index (χ4v) is 11.9. The number of aliphatic hydroxyl groups is 11. The molecule has 3 heterocycles. The van der Waals surface area contributed by atoms with Gasteiger partial charge in [0.2, 0.25) is 5.91 Å². The maximum atomic E-state index is 13.4. The molecule has 0 aromatic carbocycles. The number of rotatable bonds is 56. The maximum absolute atomic E-state index is 13.4. The fourth-order valence-electron chi connectivity index (χ4n) is 11.9. The van der Waals surface area contributed by atoms with Gasteiger partial charge in [0.05, 0.1) is 38.6 Å². The Morgan fingerprint density at radius 3 is 1.14 bits per heavy atom. The highest BCUT2D eigenvalue weighted by molar-refractivity contribution is 5.76. The molecule has 0 aromatic heterocycles. The van der Waals surface area contributed by atoms with Crippen molar-refractivity contribution < 1.29 is 89.4 Å². The fraction of sp³-hybridized carbons (Fsp3) is 0.776. The van der Waals surface area contributed by atoms with Crippen LogP contribution in [0.3, 0.4) is 0 Å². The Bertz CT molecular complexity index is 2100. The van der Waals surface area contributed by atoms with Crippen molar-refractivity contribution in [3.05, 3.63) is 97.2 Å². The van der Waals surface area contributed by atoms with Crippen LogP contribution in [0, 0.1) is 0 Å². The Kier molecular flexibility index (Phi) is 51.1. The van der Waals surface area contributed by atoms with Crippen molar-refractivity contribution in [1.29, 1.82) is 0 Å². The number of allylic oxidation sites excluding steroid dienone is 15. The minimum atomic E-state index is -1.98. The first-order valence-electron chi connectivity index (χ1n) is 37.0. The van der Waals surface area contributed by atoms with Gasteiger partial charge in [0.15, 0.2) is 18.9 Å². The van der Waals surface area contributed by atoms with E-state index in [1.54, 1.807) is 6.08 Å². The second kappa shape index (κ2) is 56.5. The molecule has 0 bridgehead atoms. The number of aliphatic hydroxyl groups excluding tert-OH is 11. The summed E-state index contributed by atoms with van der Waals surface area (Å²) >= 11 is 0. The van der Waals surface area contributed by atoms with Gasteiger partial charge < -0.3 is 89.9 Å². The van der Waals surface area contributed by atoms with Crippen molar-refractivity contribution in [1.82, 2.24) is 5.32 Å². The Labute approximate surface area is 571 Å². The third kappa shape index (κ3) is 37.6. The van der Waals surface area contributed by atoms with Gasteiger partial charge in [0, 0.05) is 6.42 Å². The number of hydrogen-bond acceptors (Lipinski definition) is 18. The number of carbonyl (C=O) groups is 1. The van der Waals surface area contributed by atoms with Crippen LogP contribution in [0.1, 0.15) is 245 Å². The van der Waals surface area contributed by atoms with Crippen LogP contribution in [0.15, 0.2) is 97.2 Å². The molecular formula is C76H131NO18. The van der Waals surface area contributed by atoms with E-state index in [9.17, 15) is 61.0 Å². The van der Waals surface area contributed by atoms with E-state index < -0.39 is 124 Å². The van der Waals surface area contributed by atoms with E-state index >= 15 is 0 Å². The van der Waals surface area contributed by atoms with Crippen molar-refractivity contribution in [2.75, 3.05) is 26.4 Å². The highest BCUT2D eigenvalue weighted by Crippen LogP contribution is 2.33. The summed E-state index contributed by atoms with van der Waals surface area (Å²) in [6, 6.07) is -0.975. The maximum Gasteiger partial charge on any atom is 0.220 e. The van der Waals surface area contributed by atoms with Crippen LogP contribution in [0.4, 0.5) is 0 Å². The lowest BCUT2D eigenvalue weighted by molar-refractivity contribution is -0.379. The minimum Gasteiger partial charge on any atom is -0.394 e. The second-order valence-corrected chi connectivity index (χ2v) is 26.0. The summed E-state index contributed by atoms with van der Waals surface area (Å²) in [6.45, 7) is 1.59. The molecule has 0 saturated carbocycles. The Morgan fingerprint density at radius 1 is 0.389 bits per heavy atom. The summed E-state index contributed by atoms with van der Waals surface area (Å²) in [5.41, 5.74) is 0. The predicted octanol–water partition coefficient (Wildman–Crippen LogP) is 10.8. The summed E-state index contributed by atoms with van der Waals surface area (Å²) in [6.07, 6.45) is 48.5. The molecule has 12 N–H and O–H groups in total. The zero-order chi connectivity index (χ0) is 68.9. The van der Waals surface area contributed by atoms with Gasteiger partial charge in [-0.05, 0) is 77.0 Å². The molecule has 0 aromatic rings. The molecular weight excluding hydrogens is 1210 g/mol. The molecule has 19 heteroatoms. The number of carbonyl (C=O) groups excluding carboxylic acids is 1. The van der Waals surface area contributed by atoms with Crippen LogP contribution in [-0.4, -0.2) is 193 Å². The van der Waals surface area contributed by atoms with Crippen LogP contribution in [-0.2, 0) is 33.2 Å². The van der Waals surface area contributed by atoms with Crippen molar-refractivity contribution in [2.24, 2.45) is 0 Å². The lowest BCUT2D eigenvalue weighted by Crippen LogP contribution is -2.66. The summed E-state index contributed by atoms with van der Waals surface area (Å²) in [5.74, 6) is -0.278. The molecule has 1 amide bonds. The average molecular weight is 1350 g/mol. The standard InChI is InChI=1S/C76H131NO18/c1-3-5-7-9-11-13-15-16-17-18-19-20-21-22-23-24-25-26-27-28-29-30-31-32-33-34-35-36-37-38-39-40-41-42-44-46-48-50-52-54-64(82)77-59(60(81)53-51-49-47-45-43-14-12-10-8-6-4-2)58-90-74-70(88)67(85)72(62(56-79)92-74)95-76-71(89)68(86)73(63(57-80)93-76)94-75-69(87)66(84)65(83)61(55-78)91-75/h5,7,11,13,16-17,19-20,22-23,25-26,28-29,51,53,59-63,65-76,78-81,83-89H,3-4,6,8-10,12,14-15,18,21,24,27,30-50,52,54-58H2,1-2H3,(H,77,82)/b7-5-,13-11-,17-16-,20-19-,23-22-,26-25-,29-28-,53-51+. The van der Waals surface area contributed by atoms with Crippen LogP contribution >= 0.6 is 0 Å². The normalized spacial score (nSPS) is 27.8. The average Bonchev–Trinajstić information content (AvgIpc) is 0.787. The van der Waals surface area contributed by atoms with Crippen LogP contribution < -0.4 is 5.32 Å². The monoisotopic (exact) mass is 1350 g/mol. The first kappa shape index (κ1) is 85.9. The first-order chi connectivity index (χ1) is 46.3. The van der Waals surface area contributed by atoms with Gasteiger partial charge in [0.25, 0.3) is 0 Å². The number of nitrogens with one attached hydrogen (secondary N) is 1. The largest absolute Gasteiger partial charge is 0.394 e. The SMILES string of the molecule is CC/C=C\C/C=C\C/C=C\C/C=C\C/C=C\C/C=C\C/C=C\CCCCCCCCCCCCCCCCCCCC(=O)NC(COC1OC(CO)C(OC2OC(CO)C(OC3OC(CO)C(O)C(O)C3O)C(O)C2O)C(O)C1O)C(O)/C=C/CCCCCCCCCCC. The summed E-state index contributed by atoms with van der Waals surface area (Å²) < 4.78 is 34.3. The van der Waals surface area contributed by atoms with Gasteiger partial charge in [-0.3, -0.25) is 4.79 Å². The lowest BCUT2D eigenvalue weighted by atomic mass is 9.96. The number of hydrogen-bond donors (Lipinski definition) is 12. The number of ether oxygens (including phenoxy) is 6. The second-order valence-electron chi connectivity index (χ2n) is 26.0. The van der Waals surface area contributed by atoms with Crippen molar-refractivity contribution >= 4 is 5.91 Å². The van der Waals surface area contributed by atoms with E-state index in [2.05, 4.69) is 104 Å². The third-order valence-electron chi connectivity index (χ3n) is 17.9. The lowest BCUT2D eigenvalue weighted by Gasteiger charge is -2.48. The van der Waals surface area contributed by atoms with Gasteiger partial charge in [-0.1, -0.05) is 259 Å². The Morgan fingerprint density at radius 2 is 0.726 bits per heavy atom. The van der Waals surface area contributed by atoms with Gasteiger partial charge >= 0.3 is 0 Å². The highest BCUT2D eigenvalue weighted by atomic mass is 16.8. The molecule has 3 rings (SSSR count). The third-order valence-corrected chi connectivity index (χ3v) is 17.9. The smallest absolute Gasteiger partial charge is 0.220 e. The Balaban J connectivity index is 1.29. The quantitative estimate of drug-likeness (QED) is 0.0199. The van der Waals surface area contributed by atoms with Gasteiger partial charge in [0.1, 0.15) is 73.2 Å². The van der Waals surface area contributed by atoms with E-state index in [0.717, 1.165) is 89.9 Å². The van der Waals surface area contributed by atoms with Crippen molar-refractivity contribution in [2.45, 2.75) is 349 Å². The molecule has 3 aliphatic heterocycles. The Hall–Kier alpha value is -3.29. The van der Waals surface area contributed by atoms with Gasteiger partial charge in [-0.2, -0.15) is 0 Å². The molecule has 548 valence electrons. The molecule has 0 aliphatic carbocycles. The molecule has 3 fully saturated rings. The zero-order valence-electron chi connectivity index (χ0n) is 58.1. The summed E-state index contributed by atoms with van der Waals surface area (Å²) in [4.78, 5) is 13.4. The van der Waals surface area contributed by atoms with Crippen molar-refractivity contribution in [3.63, 3.8) is 0 Å². The molecule has 95 heavy (non-hydrogen) atoms. The van der Waals surface area contributed by atoms with E-state index in [4.69, 9.17) is 28.4 Å². The molecule has 0 spiro atoms. The highest BCUT2D eigenvalue weighted by Gasteiger charge is 2.53. The topological polar surface area (TPSA) is 307 Å². The minimum absolute atomic E-state index is 0.240. The van der Waals surface area contributed by atoms with Gasteiger partial charge in [-0.15, -0.1) is 0 Å². The number of unbranched alkanes of at least 4 members (excludes halogenated alkanes) is 26. The van der Waals surface area contributed by atoms with E-state index in [0.29, 0.717) is 6.42 Å². The molecule has 19 nitrogen and oxygen atoms in total. The van der Waals surface area contributed by atoms with E-state index in [1.165, 1.54) is 128 Å². The van der Waals surface area contributed by atoms with Crippen molar-refractivity contribution in [3.8, 4) is 0 Å². The molecule has 3 aliphatic rings. The van der Waals surface area contributed by atoms with Crippen LogP contribution in [0.2, 0.25) is 0 Å². The van der Waals surface area contributed by atoms with E-state index in [-0.39, 0.29) is 18.9 Å². The van der Waals surface area contributed by atoms with Gasteiger partial charge in [-0.25, -0.2) is 0 Å². The molecule has 17 atom stereocenters. The van der Waals surface area contributed by atoms with Crippen LogP contribution in [0.5, 0.6) is 0 Å². The summed E-state index contributed by atoms with van der Waals surface area (Å²) in [5, 5.41) is 120. The molecule has 0 radical (unpaired) electrons. The molecule has 3 saturated heterocycles. The first-order valence-corrected chi connectivity index (χ1v) is 37.0.